The number of carbonyl (C=O) groups excluding carboxylic acids is 1. The van der Waals surface area contributed by atoms with E-state index in [0.717, 1.165) is 12.8 Å². The molecule has 2 rings (SSSR count). The molecule has 6 heteroatoms. The summed E-state index contributed by atoms with van der Waals surface area (Å²) in [5, 5.41) is 11.9. The Balaban J connectivity index is 1.72. The first-order chi connectivity index (χ1) is 8.97. The van der Waals surface area contributed by atoms with Gasteiger partial charge in [0.15, 0.2) is 0 Å². The fourth-order valence-corrected chi connectivity index (χ4v) is 2.59. The van der Waals surface area contributed by atoms with Crippen LogP contribution in [0.2, 0.25) is 0 Å². The van der Waals surface area contributed by atoms with Crippen LogP contribution in [0.25, 0.3) is 0 Å². The summed E-state index contributed by atoms with van der Waals surface area (Å²) in [6.07, 6.45) is 1.88. The van der Waals surface area contributed by atoms with E-state index >= 15 is 0 Å². The molecule has 0 aromatic heterocycles. The summed E-state index contributed by atoms with van der Waals surface area (Å²) in [7, 11) is 0. The lowest BCUT2D eigenvalue weighted by Crippen LogP contribution is -2.58. The molecule has 6 nitrogen and oxygen atoms in total. The highest BCUT2D eigenvalue weighted by Gasteiger charge is 2.37. The van der Waals surface area contributed by atoms with Gasteiger partial charge in [-0.1, -0.05) is 6.92 Å². The molecular weight excluding hydrogens is 248 g/mol. The molecule has 108 valence electrons. The largest absolute Gasteiger partial charge is 0.481 e. The molecular formula is C13H22N2O4. The number of nitrogens with one attached hydrogen (secondary N) is 1. The maximum atomic E-state index is 12.0. The van der Waals surface area contributed by atoms with E-state index in [4.69, 9.17) is 9.84 Å². The SMILES string of the molecule is CC1CC(NC(=O)N2CC(C(C)C(=O)O)C2)CCO1. The van der Waals surface area contributed by atoms with Gasteiger partial charge in [0.25, 0.3) is 0 Å². The zero-order valence-corrected chi connectivity index (χ0v) is 11.5. The zero-order chi connectivity index (χ0) is 14.0. The van der Waals surface area contributed by atoms with Gasteiger partial charge >= 0.3 is 12.0 Å². The van der Waals surface area contributed by atoms with E-state index in [0.29, 0.717) is 19.7 Å². The van der Waals surface area contributed by atoms with Crippen LogP contribution in [0.1, 0.15) is 26.7 Å². The highest BCUT2D eigenvalue weighted by Crippen LogP contribution is 2.24. The van der Waals surface area contributed by atoms with Gasteiger partial charge in [-0.05, 0) is 19.8 Å². The number of hydrogen-bond donors (Lipinski definition) is 2. The van der Waals surface area contributed by atoms with Crippen LogP contribution in [-0.4, -0.2) is 53.8 Å². The number of aliphatic carboxylic acids is 1. The first-order valence-corrected chi connectivity index (χ1v) is 6.87. The quantitative estimate of drug-likeness (QED) is 0.799. The van der Waals surface area contributed by atoms with Gasteiger partial charge in [-0.25, -0.2) is 4.79 Å². The molecule has 2 heterocycles. The van der Waals surface area contributed by atoms with Crippen molar-refractivity contribution < 1.29 is 19.4 Å². The average molecular weight is 270 g/mol. The first-order valence-electron chi connectivity index (χ1n) is 6.87. The molecule has 2 N–H and O–H groups in total. The number of urea groups is 1. The minimum Gasteiger partial charge on any atom is -0.481 e. The predicted molar refractivity (Wildman–Crippen MR) is 68.8 cm³/mol. The van der Waals surface area contributed by atoms with Gasteiger partial charge in [0.05, 0.1) is 12.0 Å². The maximum absolute atomic E-state index is 12.0. The minimum atomic E-state index is -0.789. The van der Waals surface area contributed by atoms with Crippen molar-refractivity contribution in [1.29, 1.82) is 0 Å². The van der Waals surface area contributed by atoms with Crippen LogP contribution in [0.5, 0.6) is 0 Å². The Morgan fingerprint density at radius 3 is 2.68 bits per heavy atom. The van der Waals surface area contributed by atoms with Crippen molar-refractivity contribution >= 4 is 12.0 Å². The minimum absolute atomic E-state index is 0.0760. The number of likely N-dealkylation sites (tertiary alicyclic amines) is 1. The van der Waals surface area contributed by atoms with Crippen LogP contribution in [0.3, 0.4) is 0 Å². The molecule has 0 aliphatic carbocycles. The lowest BCUT2D eigenvalue weighted by molar-refractivity contribution is -0.144. The second-order valence-corrected chi connectivity index (χ2v) is 5.64. The van der Waals surface area contributed by atoms with Crippen molar-refractivity contribution in [3.05, 3.63) is 0 Å². The third-order valence-corrected chi connectivity index (χ3v) is 4.11. The molecule has 2 saturated heterocycles. The van der Waals surface area contributed by atoms with Crippen molar-refractivity contribution in [3.8, 4) is 0 Å². The lowest BCUT2D eigenvalue weighted by atomic mass is 9.87. The molecule has 3 unspecified atom stereocenters. The van der Waals surface area contributed by atoms with Gasteiger partial charge < -0.3 is 20.1 Å². The Morgan fingerprint density at radius 2 is 2.11 bits per heavy atom. The Hall–Kier alpha value is -1.30. The summed E-state index contributed by atoms with van der Waals surface area (Å²) in [5.41, 5.74) is 0. The van der Waals surface area contributed by atoms with E-state index in [9.17, 15) is 9.59 Å². The molecule has 0 aromatic rings. The van der Waals surface area contributed by atoms with Gasteiger partial charge in [0.2, 0.25) is 0 Å². The van der Waals surface area contributed by atoms with Crippen molar-refractivity contribution in [3.63, 3.8) is 0 Å². The Labute approximate surface area is 113 Å². The van der Waals surface area contributed by atoms with E-state index in [1.807, 2.05) is 6.92 Å². The van der Waals surface area contributed by atoms with Crippen LogP contribution in [-0.2, 0) is 9.53 Å². The van der Waals surface area contributed by atoms with Crippen LogP contribution in [0.4, 0.5) is 4.79 Å². The van der Waals surface area contributed by atoms with Gasteiger partial charge in [0.1, 0.15) is 0 Å². The molecule has 19 heavy (non-hydrogen) atoms. The number of rotatable bonds is 3. The summed E-state index contributed by atoms with van der Waals surface area (Å²) in [5.74, 6) is -1.09. The smallest absolute Gasteiger partial charge is 0.317 e. The number of amides is 2. The highest BCUT2D eigenvalue weighted by atomic mass is 16.5. The first kappa shape index (κ1) is 14.1. The molecule has 2 aliphatic heterocycles. The fourth-order valence-electron chi connectivity index (χ4n) is 2.59. The number of carboxylic acid groups (broad SMARTS) is 1. The predicted octanol–water partition coefficient (Wildman–Crippen LogP) is 0.916. The van der Waals surface area contributed by atoms with Crippen molar-refractivity contribution in [2.24, 2.45) is 11.8 Å². The zero-order valence-electron chi connectivity index (χ0n) is 11.5. The normalized spacial score (nSPS) is 29.5. The molecule has 2 amide bonds. The molecule has 0 spiro atoms. The summed E-state index contributed by atoms with van der Waals surface area (Å²) in [4.78, 5) is 24.5. The third-order valence-electron chi connectivity index (χ3n) is 4.11. The standard InChI is InChI=1S/C13H22N2O4/c1-8-5-11(3-4-19-8)14-13(18)15-6-10(7-15)9(2)12(16)17/h8-11H,3-7H2,1-2H3,(H,14,18)(H,16,17). The van der Waals surface area contributed by atoms with Crippen molar-refractivity contribution in [1.82, 2.24) is 10.2 Å². The van der Waals surface area contributed by atoms with E-state index < -0.39 is 5.97 Å². The molecule has 0 radical (unpaired) electrons. The van der Waals surface area contributed by atoms with Gasteiger partial charge in [-0.15, -0.1) is 0 Å². The number of carbonyl (C=O) groups is 2. The molecule has 0 saturated carbocycles. The summed E-state index contributed by atoms with van der Waals surface area (Å²) in [6, 6.07) is 0.0973. The second kappa shape index (κ2) is 5.77. The Bertz CT molecular complexity index is 355. The highest BCUT2D eigenvalue weighted by molar-refractivity contribution is 5.76. The van der Waals surface area contributed by atoms with Crippen LogP contribution < -0.4 is 5.32 Å². The lowest BCUT2D eigenvalue weighted by Gasteiger charge is -2.42. The van der Waals surface area contributed by atoms with E-state index in [-0.39, 0.29) is 30.0 Å². The van der Waals surface area contributed by atoms with Gasteiger partial charge in [-0.2, -0.15) is 0 Å². The van der Waals surface area contributed by atoms with Gasteiger partial charge in [-0.3, -0.25) is 4.79 Å². The van der Waals surface area contributed by atoms with Crippen molar-refractivity contribution in [2.75, 3.05) is 19.7 Å². The maximum Gasteiger partial charge on any atom is 0.317 e. The summed E-state index contributed by atoms with van der Waals surface area (Å²) < 4.78 is 5.44. The average Bonchev–Trinajstić information content (AvgIpc) is 2.26. The monoisotopic (exact) mass is 270 g/mol. The van der Waals surface area contributed by atoms with Crippen LogP contribution in [0, 0.1) is 11.8 Å². The molecule has 2 aliphatic rings. The van der Waals surface area contributed by atoms with Crippen molar-refractivity contribution in [2.45, 2.75) is 38.8 Å². The number of ether oxygens (including phenoxy) is 1. The molecule has 3 atom stereocenters. The number of nitrogens with zero attached hydrogens (tertiary/aromatic N) is 1. The van der Waals surface area contributed by atoms with E-state index in [1.54, 1.807) is 11.8 Å². The fraction of sp³-hybridized carbons (Fsp3) is 0.846. The summed E-state index contributed by atoms with van der Waals surface area (Å²) in [6.45, 7) is 5.47. The van der Waals surface area contributed by atoms with E-state index in [2.05, 4.69) is 5.32 Å². The van der Waals surface area contributed by atoms with Crippen LogP contribution in [0.15, 0.2) is 0 Å². The van der Waals surface area contributed by atoms with Gasteiger partial charge in [0, 0.05) is 31.7 Å². The Kier molecular flexibility index (Phi) is 4.29. The Morgan fingerprint density at radius 1 is 1.42 bits per heavy atom. The third kappa shape index (κ3) is 3.37. The second-order valence-electron chi connectivity index (χ2n) is 5.64. The topological polar surface area (TPSA) is 78.9 Å². The van der Waals surface area contributed by atoms with E-state index in [1.165, 1.54) is 0 Å². The summed E-state index contributed by atoms with van der Waals surface area (Å²) >= 11 is 0. The number of carboxylic acids is 1. The molecule has 2 fully saturated rings. The number of hydrogen-bond acceptors (Lipinski definition) is 3. The van der Waals surface area contributed by atoms with Crippen LogP contribution >= 0.6 is 0 Å². The molecule has 0 aromatic carbocycles. The molecule has 0 bridgehead atoms.